The summed E-state index contributed by atoms with van der Waals surface area (Å²) >= 11 is 0. The van der Waals surface area contributed by atoms with Crippen LogP contribution in [0.25, 0.3) is 10.9 Å². The Kier molecular flexibility index (Phi) is 5.03. The van der Waals surface area contributed by atoms with Gasteiger partial charge in [0.15, 0.2) is 0 Å². The van der Waals surface area contributed by atoms with E-state index in [0.717, 1.165) is 12.8 Å². The van der Waals surface area contributed by atoms with E-state index in [-0.39, 0.29) is 17.4 Å². The van der Waals surface area contributed by atoms with Crippen molar-refractivity contribution < 1.29 is 8.42 Å². The van der Waals surface area contributed by atoms with Crippen LogP contribution in [0.2, 0.25) is 0 Å². The fourth-order valence-corrected chi connectivity index (χ4v) is 5.39. The Morgan fingerprint density at radius 1 is 1.04 bits per heavy atom. The summed E-state index contributed by atoms with van der Waals surface area (Å²) in [4.78, 5) is 20.2. The van der Waals surface area contributed by atoms with Crippen molar-refractivity contribution in [3.63, 3.8) is 0 Å². The quantitative estimate of drug-likeness (QED) is 0.733. The van der Waals surface area contributed by atoms with Gasteiger partial charge in [0.1, 0.15) is 5.82 Å². The van der Waals surface area contributed by atoms with Crippen LogP contribution < -0.4 is 5.56 Å². The second kappa shape index (κ2) is 7.48. The maximum Gasteiger partial charge on any atom is 0.258 e. The summed E-state index contributed by atoms with van der Waals surface area (Å²) < 4.78 is 27.1. The summed E-state index contributed by atoms with van der Waals surface area (Å²) in [5, 5.41) is 0.585. The van der Waals surface area contributed by atoms with Crippen molar-refractivity contribution >= 4 is 20.9 Å². The molecule has 1 unspecified atom stereocenters. The number of benzene rings is 2. The van der Waals surface area contributed by atoms with Gasteiger partial charge in [0.2, 0.25) is 10.0 Å². The van der Waals surface area contributed by atoms with E-state index in [0.29, 0.717) is 34.7 Å². The SMILES string of the molecule is CC(c1nc2ccccc2c(=O)[nH]1)C1CCN(S(=O)(=O)c2ccccc2)CC1. The van der Waals surface area contributed by atoms with E-state index in [2.05, 4.69) is 16.9 Å². The van der Waals surface area contributed by atoms with Gasteiger partial charge in [-0.25, -0.2) is 13.4 Å². The molecule has 1 aliphatic rings. The average molecular weight is 398 g/mol. The molecule has 7 heteroatoms. The van der Waals surface area contributed by atoms with Gasteiger partial charge in [-0.15, -0.1) is 0 Å². The fraction of sp³-hybridized carbons (Fsp3) is 0.333. The predicted molar refractivity (Wildman–Crippen MR) is 109 cm³/mol. The van der Waals surface area contributed by atoms with E-state index in [1.54, 1.807) is 34.6 Å². The van der Waals surface area contributed by atoms with Crippen LogP contribution in [0.15, 0.2) is 64.3 Å². The topological polar surface area (TPSA) is 83.1 Å². The number of fused-ring (bicyclic) bond motifs is 1. The van der Waals surface area contributed by atoms with Crippen molar-refractivity contribution in [3.05, 3.63) is 70.8 Å². The largest absolute Gasteiger partial charge is 0.310 e. The van der Waals surface area contributed by atoms with Gasteiger partial charge in [0, 0.05) is 19.0 Å². The molecule has 0 bridgehead atoms. The molecule has 1 aromatic heterocycles. The lowest BCUT2D eigenvalue weighted by Crippen LogP contribution is -2.39. The van der Waals surface area contributed by atoms with Crippen molar-refractivity contribution in [3.8, 4) is 0 Å². The Morgan fingerprint density at radius 3 is 2.39 bits per heavy atom. The normalized spacial score (nSPS) is 17.6. The van der Waals surface area contributed by atoms with Crippen LogP contribution in [0.1, 0.15) is 31.5 Å². The zero-order valence-electron chi connectivity index (χ0n) is 15.7. The third-order valence-electron chi connectivity index (χ3n) is 5.65. The van der Waals surface area contributed by atoms with Gasteiger partial charge in [0.25, 0.3) is 5.56 Å². The molecule has 1 aliphatic heterocycles. The fourth-order valence-electron chi connectivity index (χ4n) is 3.90. The van der Waals surface area contributed by atoms with Crippen LogP contribution >= 0.6 is 0 Å². The number of para-hydroxylation sites is 1. The molecular weight excluding hydrogens is 374 g/mol. The Morgan fingerprint density at radius 2 is 1.68 bits per heavy atom. The van der Waals surface area contributed by atoms with Crippen LogP contribution in [0.3, 0.4) is 0 Å². The van der Waals surface area contributed by atoms with Crippen LogP contribution in [0.4, 0.5) is 0 Å². The highest BCUT2D eigenvalue weighted by Crippen LogP contribution is 2.32. The predicted octanol–water partition coefficient (Wildman–Crippen LogP) is 3.13. The van der Waals surface area contributed by atoms with Crippen molar-refractivity contribution in [2.24, 2.45) is 5.92 Å². The first-order valence-electron chi connectivity index (χ1n) is 9.51. The smallest absolute Gasteiger partial charge is 0.258 e. The van der Waals surface area contributed by atoms with Crippen molar-refractivity contribution in [1.82, 2.24) is 14.3 Å². The molecule has 0 spiro atoms. The second-order valence-electron chi connectivity index (χ2n) is 7.31. The number of H-pyrrole nitrogens is 1. The number of aromatic nitrogens is 2. The van der Waals surface area contributed by atoms with Gasteiger partial charge in [0.05, 0.1) is 15.8 Å². The number of aromatic amines is 1. The third kappa shape index (κ3) is 3.47. The molecular formula is C21H23N3O3S. The molecule has 2 aromatic carbocycles. The number of sulfonamides is 1. The Hall–Kier alpha value is -2.51. The summed E-state index contributed by atoms with van der Waals surface area (Å²) in [6.45, 7) is 3.01. The highest BCUT2D eigenvalue weighted by atomic mass is 32.2. The van der Waals surface area contributed by atoms with E-state index in [1.807, 2.05) is 24.3 Å². The molecule has 1 fully saturated rings. The summed E-state index contributed by atoms with van der Waals surface area (Å²) in [7, 11) is -3.45. The zero-order valence-corrected chi connectivity index (χ0v) is 16.5. The minimum atomic E-state index is -3.45. The molecule has 4 rings (SSSR count). The first-order chi connectivity index (χ1) is 13.5. The molecule has 28 heavy (non-hydrogen) atoms. The molecule has 1 atom stereocenters. The molecule has 0 amide bonds. The van der Waals surface area contributed by atoms with Gasteiger partial charge in [-0.05, 0) is 43.0 Å². The second-order valence-corrected chi connectivity index (χ2v) is 9.25. The minimum Gasteiger partial charge on any atom is -0.310 e. The highest BCUT2D eigenvalue weighted by Gasteiger charge is 2.32. The monoisotopic (exact) mass is 397 g/mol. The average Bonchev–Trinajstić information content (AvgIpc) is 2.74. The molecule has 1 N–H and O–H groups in total. The van der Waals surface area contributed by atoms with Gasteiger partial charge in [-0.3, -0.25) is 4.79 Å². The van der Waals surface area contributed by atoms with E-state index in [1.165, 1.54) is 0 Å². The molecule has 2 heterocycles. The molecule has 1 saturated heterocycles. The number of rotatable bonds is 4. The zero-order chi connectivity index (χ0) is 19.7. The molecule has 0 radical (unpaired) electrons. The Balaban J connectivity index is 1.50. The molecule has 146 valence electrons. The first-order valence-corrected chi connectivity index (χ1v) is 10.9. The summed E-state index contributed by atoms with van der Waals surface area (Å²) in [6.07, 6.45) is 1.48. The van der Waals surface area contributed by atoms with Crippen molar-refractivity contribution in [1.29, 1.82) is 0 Å². The number of nitrogens with one attached hydrogen (secondary N) is 1. The number of nitrogens with zero attached hydrogens (tertiary/aromatic N) is 2. The molecule has 6 nitrogen and oxygen atoms in total. The standard InChI is InChI=1S/C21H23N3O3S/c1-15(20-22-19-10-6-5-9-18(19)21(25)23-20)16-11-13-24(14-12-16)28(26,27)17-7-3-2-4-8-17/h2-10,15-16H,11-14H2,1H3,(H,22,23,25). The number of hydrogen-bond acceptors (Lipinski definition) is 4. The maximum atomic E-state index is 12.8. The van der Waals surface area contributed by atoms with Crippen LogP contribution in [-0.4, -0.2) is 35.8 Å². The lowest BCUT2D eigenvalue weighted by Gasteiger charge is -2.33. The van der Waals surface area contributed by atoms with Gasteiger partial charge in [-0.2, -0.15) is 4.31 Å². The Bertz CT molecular complexity index is 1130. The van der Waals surface area contributed by atoms with E-state index in [9.17, 15) is 13.2 Å². The van der Waals surface area contributed by atoms with Crippen molar-refractivity contribution in [2.75, 3.05) is 13.1 Å². The van der Waals surface area contributed by atoms with Crippen LogP contribution in [0, 0.1) is 5.92 Å². The van der Waals surface area contributed by atoms with E-state index >= 15 is 0 Å². The minimum absolute atomic E-state index is 0.0545. The van der Waals surface area contributed by atoms with Crippen LogP contribution in [-0.2, 0) is 10.0 Å². The van der Waals surface area contributed by atoms with E-state index < -0.39 is 10.0 Å². The molecule has 0 aliphatic carbocycles. The number of hydrogen-bond donors (Lipinski definition) is 1. The molecule has 0 saturated carbocycles. The number of piperidine rings is 1. The Labute approximate surface area is 164 Å². The van der Waals surface area contributed by atoms with Crippen molar-refractivity contribution in [2.45, 2.75) is 30.6 Å². The summed E-state index contributed by atoms with van der Waals surface area (Å²) in [5.74, 6) is 0.999. The van der Waals surface area contributed by atoms with Gasteiger partial charge in [-0.1, -0.05) is 37.3 Å². The van der Waals surface area contributed by atoms with Crippen LogP contribution in [0.5, 0.6) is 0 Å². The maximum absolute atomic E-state index is 12.8. The van der Waals surface area contributed by atoms with Gasteiger partial charge < -0.3 is 4.98 Å². The summed E-state index contributed by atoms with van der Waals surface area (Å²) in [6, 6.07) is 15.9. The lowest BCUT2D eigenvalue weighted by atomic mass is 9.85. The first kappa shape index (κ1) is 18.8. The van der Waals surface area contributed by atoms with E-state index in [4.69, 9.17) is 0 Å². The summed E-state index contributed by atoms with van der Waals surface area (Å²) in [5.41, 5.74) is 0.564. The highest BCUT2D eigenvalue weighted by molar-refractivity contribution is 7.89. The lowest BCUT2D eigenvalue weighted by molar-refractivity contribution is 0.246. The molecule has 3 aromatic rings. The third-order valence-corrected chi connectivity index (χ3v) is 7.56. The van der Waals surface area contributed by atoms with Gasteiger partial charge >= 0.3 is 0 Å².